The molecule has 0 spiro atoms. The smallest absolute Gasteiger partial charge is 0.223 e. The molecule has 0 saturated carbocycles. The number of hydrogen-bond acceptors (Lipinski definition) is 6. The molecular formula is C25H31N5O. The topological polar surface area (TPSA) is 73.3 Å². The summed E-state index contributed by atoms with van der Waals surface area (Å²) in [6.45, 7) is 7.14. The van der Waals surface area contributed by atoms with Crippen molar-refractivity contribution in [3.05, 3.63) is 71.9 Å². The Morgan fingerprint density at radius 2 is 2.00 bits per heavy atom. The van der Waals surface area contributed by atoms with Crippen LogP contribution in [0.4, 0.5) is 5.95 Å². The summed E-state index contributed by atoms with van der Waals surface area (Å²) < 4.78 is 0. The van der Waals surface area contributed by atoms with Gasteiger partial charge in [0.2, 0.25) is 5.95 Å². The molecule has 4 rings (SSSR count). The van der Waals surface area contributed by atoms with Gasteiger partial charge < -0.3 is 15.7 Å². The Bertz CT molecular complexity index is 987. The summed E-state index contributed by atoms with van der Waals surface area (Å²) in [5.74, 6) is 0.914. The summed E-state index contributed by atoms with van der Waals surface area (Å²) in [7, 11) is 0. The third-order valence-electron chi connectivity index (χ3n) is 5.83. The highest BCUT2D eigenvalue weighted by Crippen LogP contribution is 2.21. The van der Waals surface area contributed by atoms with E-state index < -0.39 is 0 Å². The molecule has 3 aromatic rings. The molecule has 1 aliphatic heterocycles. The first-order chi connectivity index (χ1) is 15.2. The lowest BCUT2D eigenvalue weighted by atomic mass is 10.1. The molecule has 0 radical (unpaired) electrons. The molecule has 0 amide bonds. The number of aromatic nitrogens is 2. The molecule has 1 aliphatic rings. The van der Waals surface area contributed by atoms with Crippen LogP contribution in [0.15, 0.2) is 60.8 Å². The Morgan fingerprint density at radius 3 is 2.81 bits per heavy atom. The maximum Gasteiger partial charge on any atom is 0.223 e. The number of phenolic OH excluding ortho intramolecular Hbond substituents is 1. The Hall–Kier alpha value is -2.96. The van der Waals surface area contributed by atoms with Crippen LogP contribution >= 0.6 is 0 Å². The fourth-order valence-electron chi connectivity index (χ4n) is 4.15. The van der Waals surface area contributed by atoms with Gasteiger partial charge in [0, 0.05) is 37.4 Å². The standard InChI is InChI=1S/C25H31N5O/c1-2-30(22-10-12-26-17-22)18-20-6-3-7-21(15-20)24-11-14-28-25(29-24)27-13-9-19-5-4-8-23(31)16-19/h3-8,11,14-16,22,26,31H,2,9-10,12-13,17-18H2,1H3,(H,27,28,29). The number of likely N-dealkylation sites (N-methyl/N-ethyl adjacent to an activating group) is 1. The zero-order valence-electron chi connectivity index (χ0n) is 18.1. The molecule has 0 aliphatic carbocycles. The van der Waals surface area contributed by atoms with Crippen molar-refractivity contribution in [2.24, 2.45) is 0 Å². The van der Waals surface area contributed by atoms with Gasteiger partial charge in [-0.15, -0.1) is 0 Å². The predicted molar refractivity (Wildman–Crippen MR) is 125 cm³/mol. The highest BCUT2D eigenvalue weighted by atomic mass is 16.3. The number of phenols is 1. The van der Waals surface area contributed by atoms with Crippen molar-refractivity contribution in [1.29, 1.82) is 0 Å². The van der Waals surface area contributed by atoms with Crippen molar-refractivity contribution < 1.29 is 5.11 Å². The number of benzene rings is 2. The highest BCUT2D eigenvalue weighted by Gasteiger charge is 2.21. The lowest BCUT2D eigenvalue weighted by molar-refractivity contribution is 0.210. The molecule has 1 saturated heterocycles. The summed E-state index contributed by atoms with van der Waals surface area (Å²) in [6.07, 6.45) is 3.81. The summed E-state index contributed by atoms with van der Waals surface area (Å²) in [5.41, 5.74) is 4.41. The SMILES string of the molecule is CCN(Cc1cccc(-c2ccnc(NCCc3cccc(O)c3)n2)c1)C1CCNC1. The van der Waals surface area contributed by atoms with Crippen LogP contribution in [0.1, 0.15) is 24.5 Å². The maximum absolute atomic E-state index is 9.59. The second-order valence-corrected chi connectivity index (χ2v) is 8.02. The molecular weight excluding hydrogens is 386 g/mol. The van der Waals surface area contributed by atoms with E-state index in [1.165, 1.54) is 12.0 Å². The van der Waals surface area contributed by atoms with Gasteiger partial charge in [-0.05, 0) is 61.3 Å². The van der Waals surface area contributed by atoms with E-state index in [9.17, 15) is 5.11 Å². The van der Waals surface area contributed by atoms with E-state index in [1.54, 1.807) is 18.3 Å². The minimum atomic E-state index is 0.293. The van der Waals surface area contributed by atoms with Crippen LogP contribution in [0.3, 0.4) is 0 Å². The molecule has 6 heteroatoms. The van der Waals surface area contributed by atoms with Crippen LogP contribution in [0.25, 0.3) is 11.3 Å². The molecule has 1 unspecified atom stereocenters. The fourth-order valence-corrected chi connectivity index (χ4v) is 4.15. The first-order valence-corrected chi connectivity index (χ1v) is 11.1. The van der Waals surface area contributed by atoms with Crippen LogP contribution in [0.5, 0.6) is 5.75 Å². The van der Waals surface area contributed by atoms with E-state index in [1.807, 2.05) is 18.2 Å². The van der Waals surface area contributed by atoms with Gasteiger partial charge in [-0.3, -0.25) is 4.90 Å². The van der Waals surface area contributed by atoms with Crippen LogP contribution < -0.4 is 10.6 Å². The second kappa shape index (κ2) is 10.4. The number of nitrogens with one attached hydrogen (secondary N) is 2. The fraction of sp³-hybridized carbons (Fsp3) is 0.360. The van der Waals surface area contributed by atoms with Crippen LogP contribution in [0.2, 0.25) is 0 Å². The lowest BCUT2D eigenvalue weighted by Gasteiger charge is -2.27. The zero-order valence-corrected chi connectivity index (χ0v) is 18.1. The molecule has 2 heterocycles. The monoisotopic (exact) mass is 417 g/mol. The molecule has 6 nitrogen and oxygen atoms in total. The van der Waals surface area contributed by atoms with Gasteiger partial charge in [-0.2, -0.15) is 0 Å². The lowest BCUT2D eigenvalue weighted by Crippen LogP contribution is -2.36. The Morgan fingerprint density at radius 1 is 1.13 bits per heavy atom. The first kappa shape index (κ1) is 21.3. The molecule has 2 aromatic carbocycles. The average Bonchev–Trinajstić information content (AvgIpc) is 3.33. The van der Waals surface area contributed by atoms with E-state index in [0.717, 1.165) is 49.4 Å². The molecule has 1 fully saturated rings. The van der Waals surface area contributed by atoms with Gasteiger partial charge in [0.15, 0.2) is 0 Å². The van der Waals surface area contributed by atoms with Crippen LogP contribution in [-0.4, -0.2) is 52.2 Å². The van der Waals surface area contributed by atoms with Crippen LogP contribution in [-0.2, 0) is 13.0 Å². The molecule has 162 valence electrons. The van der Waals surface area contributed by atoms with Crippen molar-refractivity contribution in [3.8, 4) is 17.0 Å². The van der Waals surface area contributed by atoms with Gasteiger partial charge >= 0.3 is 0 Å². The number of aromatic hydroxyl groups is 1. The van der Waals surface area contributed by atoms with E-state index in [2.05, 4.69) is 51.7 Å². The summed E-state index contributed by atoms with van der Waals surface area (Å²) >= 11 is 0. The third-order valence-corrected chi connectivity index (χ3v) is 5.83. The second-order valence-electron chi connectivity index (χ2n) is 8.02. The van der Waals surface area contributed by atoms with Gasteiger partial charge in [0.25, 0.3) is 0 Å². The summed E-state index contributed by atoms with van der Waals surface area (Å²) in [6, 6.07) is 18.6. The van der Waals surface area contributed by atoms with E-state index >= 15 is 0 Å². The van der Waals surface area contributed by atoms with Gasteiger partial charge in [0.1, 0.15) is 5.75 Å². The molecule has 0 bridgehead atoms. The van der Waals surface area contributed by atoms with Gasteiger partial charge in [-0.25, -0.2) is 9.97 Å². The van der Waals surface area contributed by atoms with Crippen molar-refractivity contribution in [1.82, 2.24) is 20.2 Å². The van der Waals surface area contributed by atoms with E-state index in [0.29, 0.717) is 24.3 Å². The number of nitrogens with zero attached hydrogens (tertiary/aromatic N) is 3. The average molecular weight is 418 g/mol. The predicted octanol–water partition coefficient (Wildman–Crippen LogP) is 3.69. The third kappa shape index (κ3) is 5.81. The number of hydrogen-bond donors (Lipinski definition) is 3. The van der Waals surface area contributed by atoms with Gasteiger partial charge in [0.05, 0.1) is 5.69 Å². The first-order valence-electron chi connectivity index (χ1n) is 11.1. The minimum Gasteiger partial charge on any atom is -0.508 e. The molecule has 1 atom stereocenters. The van der Waals surface area contributed by atoms with Crippen molar-refractivity contribution in [2.45, 2.75) is 32.4 Å². The summed E-state index contributed by atoms with van der Waals surface area (Å²) in [4.78, 5) is 11.6. The van der Waals surface area contributed by atoms with E-state index in [4.69, 9.17) is 4.98 Å². The largest absolute Gasteiger partial charge is 0.508 e. The Kier molecular flexibility index (Phi) is 7.12. The van der Waals surface area contributed by atoms with Crippen LogP contribution in [0, 0.1) is 0 Å². The normalized spacial score (nSPS) is 16.0. The van der Waals surface area contributed by atoms with E-state index in [-0.39, 0.29) is 0 Å². The summed E-state index contributed by atoms with van der Waals surface area (Å²) in [5, 5.41) is 16.4. The quantitative estimate of drug-likeness (QED) is 0.493. The highest BCUT2D eigenvalue weighted by molar-refractivity contribution is 5.61. The Balaban J connectivity index is 1.40. The van der Waals surface area contributed by atoms with Crippen molar-refractivity contribution in [3.63, 3.8) is 0 Å². The van der Waals surface area contributed by atoms with Gasteiger partial charge in [-0.1, -0.05) is 37.3 Å². The van der Waals surface area contributed by atoms with Crippen molar-refractivity contribution in [2.75, 3.05) is 31.5 Å². The van der Waals surface area contributed by atoms with Crippen molar-refractivity contribution >= 4 is 5.95 Å². The minimum absolute atomic E-state index is 0.293. The Labute approximate surface area is 184 Å². The molecule has 3 N–H and O–H groups in total. The number of anilines is 1. The number of rotatable bonds is 9. The molecule has 1 aromatic heterocycles. The zero-order chi connectivity index (χ0) is 21.5. The maximum atomic E-state index is 9.59. The molecule has 31 heavy (non-hydrogen) atoms.